The number of aryl methyl sites for hydroxylation is 1. The number of hydrazone groups is 1. The van der Waals surface area contributed by atoms with Gasteiger partial charge in [0.15, 0.2) is 6.61 Å². The van der Waals surface area contributed by atoms with Gasteiger partial charge in [-0.05, 0) is 57.5 Å². The smallest absolute Gasteiger partial charge is 0.312 e. The fourth-order valence-electron chi connectivity index (χ4n) is 2.65. The lowest BCUT2D eigenvalue weighted by Crippen LogP contribution is -2.29. The quantitative estimate of drug-likeness (QED) is 0.386. The highest BCUT2D eigenvalue weighted by Crippen LogP contribution is 2.24. The highest BCUT2D eigenvalue weighted by molar-refractivity contribution is 5.99. The summed E-state index contributed by atoms with van der Waals surface area (Å²) in [5.41, 5.74) is 9.16. The molecule has 2 aromatic rings. The third kappa shape index (κ3) is 5.15. The van der Waals surface area contributed by atoms with E-state index < -0.39 is 22.8 Å². The monoisotopic (exact) mass is 402 g/mol. The number of benzene rings is 1. The van der Waals surface area contributed by atoms with Crippen LogP contribution in [0.5, 0.6) is 5.75 Å². The van der Waals surface area contributed by atoms with Crippen LogP contribution in [0.4, 0.5) is 5.69 Å². The normalized spacial score (nSPS) is 12.3. The zero-order chi connectivity index (χ0) is 21.7. The zero-order valence-electron chi connectivity index (χ0n) is 16.5. The third-order valence-corrected chi connectivity index (χ3v) is 4.20. The van der Waals surface area contributed by atoms with Gasteiger partial charge in [-0.2, -0.15) is 10.2 Å². The second-order valence-electron chi connectivity index (χ2n) is 6.35. The number of rotatable bonds is 8. The second-order valence-corrected chi connectivity index (χ2v) is 6.35. The lowest BCUT2D eigenvalue weighted by atomic mass is 10.1. The predicted molar refractivity (Wildman–Crippen MR) is 105 cm³/mol. The molecule has 0 spiro atoms. The SMILES string of the molecule is C/C(=N\NC(=O)[C@H](C)n1nc(C)c([N+](=O)[O-])c1C)c1ccc(OCC(N)=O)cc1. The van der Waals surface area contributed by atoms with Gasteiger partial charge in [0.2, 0.25) is 0 Å². The van der Waals surface area contributed by atoms with Crippen LogP contribution in [0.2, 0.25) is 0 Å². The first-order valence-corrected chi connectivity index (χ1v) is 8.67. The summed E-state index contributed by atoms with van der Waals surface area (Å²) >= 11 is 0. The molecule has 154 valence electrons. The fraction of sp³-hybridized carbons (Fsp3) is 0.333. The van der Waals surface area contributed by atoms with Crippen LogP contribution in [-0.4, -0.2) is 38.8 Å². The van der Waals surface area contributed by atoms with Crippen LogP contribution >= 0.6 is 0 Å². The largest absolute Gasteiger partial charge is 0.484 e. The van der Waals surface area contributed by atoms with Crippen molar-refractivity contribution in [3.8, 4) is 5.75 Å². The summed E-state index contributed by atoms with van der Waals surface area (Å²) in [4.78, 5) is 33.7. The topological polar surface area (TPSA) is 155 Å². The molecular formula is C18H22N6O5. The van der Waals surface area contributed by atoms with Gasteiger partial charge >= 0.3 is 5.69 Å². The van der Waals surface area contributed by atoms with E-state index in [1.54, 1.807) is 38.1 Å². The fourth-order valence-corrected chi connectivity index (χ4v) is 2.65. The van der Waals surface area contributed by atoms with Gasteiger partial charge in [0, 0.05) is 0 Å². The summed E-state index contributed by atoms with van der Waals surface area (Å²) in [6.45, 7) is 6.13. The van der Waals surface area contributed by atoms with Crippen LogP contribution in [0.15, 0.2) is 29.4 Å². The Morgan fingerprint density at radius 3 is 2.48 bits per heavy atom. The van der Waals surface area contributed by atoms with Crippen molar-refractivity contribution in [3.63, 3.8) is 0 Å². The highest BCUT2D eigenvalue weighted by Gasteiger charge is 2.26. The number of carbonyl (C=O) groups is 2. The maximum Gasteiger partial charge on any atom is 0.312 e. The van der Waals surface area contributed by atoms with Crippen LogP contribution in [0.3, 0.4) is 0 Å². The average Bonchev–Trinajstić information content (AvgIpc) is 2.98. The van der Waals surface area contributed by atoms with E-state index in [0.717, 1.165) is 5.56 Å². The first-order chi connectivity index (χ1) is 13.6. The number of hydrogen-bond acceptors (Lipinski definition) is 7. The van der Waals surface area contributed by atoms with E-state index in [1.165, 1.54) is 18.5 Å². The molecule has 1 atom stereocenters. The molecule has 2 amide bonds. The Morgan fingerprint density at radius 1 is 1.34 bits per heavy atom. The molecule has 0 radical (unpaired) electrons. The number of hydrogen-bond donors (Lipinski definition) is 2. The van der Waals surface area contributed by atoms with Crippen molar-refractivity contribution in [3.05, 3.63) is 51.3 Å². The zero-order valence-corrected chi connectivity index (χ0v) is 16.5. The van der Waals surface area contributed by atoms with Crippen molar-refractivity contribution in [2.75, 3.05) is 6.61 Å². The van der Waals surface area contributed by atoms with Gasteiger partial charge in [0.05, 0.1) is 10.6 Å². The number of aromatic nitrogens is 2. The summed E-state index contributed by atoms with van der Waals surface area (Å²) in [6.07, 6.45) is 0. The molecule has 0 aliphatic rings. The standard InChI is InChI=1S/C18H22N6O5/c1-10(14-5-7-15(8-6-14)29-9-16(19)25)20-21-18(26)13(4)23-12(3)17(24(27)28)11(2)22-23/h5-8,13H,9H2,1-4H3,(H2,19,25)(H,21,26)/b20-10+/t13-/m0/s1. The summed E-state index contributed by atoms with van der Waals surface area (Å²) in [6, 6.07) is 5.95. The maximum absolute atomic E-state index is 12.4. The van der Waals surface area contributed by atoms with Crippen LogP contribution < -0.4 is 15.9 Å². The van der Waals surface area contributed by atoms with E-state index in [1.807, 2.05) is 0 Å². The van der Waals surface area contributed by atoms with Gasteiger partial charge in [-0.15, -0.1) is 0 Å². The highest BCUT2D eigenvalue weighted by atomic mass is 16.6. The van der Waals surface area contributed by atoms with Crippen LogP contribution in [0.25, 0.3) is 0 Å². The van der Waals surface area contributed by atoms with Crippen LogP contribution in [-0.2, 0) is 9.59 Å². The number of nitrogens with one attached hydrogen (secondary N) is 1. The number of nitrogens with zero attached hydrogens (tertiary/aromatic N) is 4. The number of ether oxygens (including phenoxy) is 1. The molecule has 0 fully saturated rings. The average molecular weight is 402 g/mol. The molecule has 2 rings (SSSR count). The first kappa shape index (κ1) is 21.5. The van der Waals surface area contributed by atoms with E-state index in [2.05, 4.69) is 15.6 Å². The third-order valence-electron chi connectivity index (χ3n) is 4.20. The Hall–Kier alpha value is -3.76. The molecule has 1 heterocycles. The van der Waals surface area contributed by atoms with Gasteiger partial charge in [-0.3, -0.25) is 24.4 Å². The van der Waals surface area contributed by atoms with Crippen molar-refractivity contribution in [1.29, 1.82) is 0 Å². The van der Waals surface area contributed by atoms with E-state index in [9.17, 15) is 19.7 Å². The summed E-state index contributed by atoms with van der Waals surface area (Å²) in [5, 5.41) is 19.3. The first-order valence-electron chi connectivity index (χ1n) is 8.67. The van der Waals surface area contributed by atoms with Gasteiger partial charge < -0.3 is 10.5 Å². The lowest BCUT2D eigenvalue weighted by molar-refractivity contribution is -0.386. The molecule has 0 bridgehead atoms. The maximum atomic E-state index is 12.4. The van der Waals surface area contributed by atoms with Crippen molar-refractivity contribution in [2.45, 2.75) is 33.7 Å². The molecule has 0 saturated heterocycles. The Labute approximate surface area is 166 Å². The molecule has 11 heteroatoms. The molecule has 0 aliphatic heterocycles. The number of primary amides is 1. The van der Waals surface area contributed by atoms with Crippen LogP contribution in [0, 0.1) is 24.0 Å². The Bertz CT molecular complexity index is 964. The summed E-state index contributed by atoms with van der Waals surface area (Å²) < 4.78 is 6.48. The number of carbonyl (C=O) groups excluding carboxylic acids is 2. The van der Waals surface area contributed by atoms with Crippen LogP contribution in [0.1, 0.15) is 36.8 Å². The molecule has 11 nitrogen and oxygen atoms in total. The molecule has 29 heavy (non-hydrogen) atoms. The lowest BCUT2D eigenvalue weighted by Gasteiger charge is -2.12. The number of nitrogens with two attached hydrogens (primary N) is 1. The Kier molecular flexibility index (Phi) is 6.65. The number of nitro groups is 1. The Morgan fingerprint density at radius 2 is 1.97 bits per heavy atom. The molecule has 3 N–H and O–H groups in total. The van der Waals surface area contributed by atoms with Crippen molar-refractivity contribution >= 4 is 23.2 Å². The van der Waals surface area contributed by atoms with E-state index in [0.29, 0.717) is 17.2 Å². The number of amides is 2. The predicted octanol–water partition coefficient (Wildman–Crippen LogP) is 1.37. The Balaban J connectivity index is 2.07. The molecule has 0 aliphatic carbocycles. The summed E-state index contributed by atoms with van der Waals surface area (Å²) in [7, 11) is 0. The second kappa shape index (κ2) is 8.95. The molecule has 1 aromatic heterocycles. The van der Waals surface area contributed by atoms with Gasteiger partial charge in [-0.1, -0.05) is 0 Å². The minimum Gasteiger partial charge on any atom is -0.484 e. The van der Waals surface area contributed by atoms with Crippen molar-refractivity contribution in [2.24, 2.45) is 10.8 Å². The van der Waals surface area contributed by atoms with Gasteiger partial charge in [0.25, 0.3) is 11.8 Å². The van der Waals surface area contributed by atoms with Crippen molar-refractivity contribution < 1.29 is 19.2 Å². The van der Waals surface area contributed by atoms with Crippen molar-refractivity contribution in [1.82, 2.24) is 15.2 Å². The minimum atomic E-state index is -0.788. The molecule has 0 saturated carbocycles. The molecular weight excluding hydrogens is 380 g/mol. The van der Waals surface area contributed by atoms with E-state index >= 15 is 0 Å². The van der Waals surface area contributed by atoms with Gasteiger partial charge in [-0.25, -0.2) is 5.43 Å². The minimum absolute atomic E-state index is 0.108. The van der Waals surface area contributed by atoms with E-state index in [-0.39, 0.29) is 18.0 Å². The molecule has 1 aromatic carbocycles. The van der Waals surface area contributed by atoms with Gasteiger partial charge in [0.1, 0.15) is 23.2 Å². The summed E-state index contributed by atoms with van der Waals surface area (Å²) in [5.74, 6) is -0.563. The van der Waals surface area contributed by atoms with E-state index in [4.69, 9.17) is 10.5 Å². The molecule has 0 unspecified atom stereocenters.